The van der Waals surface area contributed by atoms with Crippen LogP contribution in [-0.2, 0) is 11.2 Å². The number of aryl methyl sites for hydroxylation is 2. The van der Waals surface area contributed by atoms with E-state index in [1.807, 2.05) is 30.9 Å². The molecule has 2 amide bonds. The molecule has 3 rings (SSSR count). The van der Waals surface area contributed by atoms with E-state index in [1.54, 1.807) is 19.2 Å². The van der Waals surface area contributed by atoms with Gasteiger partial charge >= 0.3 is 0 Å². The predicted molar refractivity (Wildman–Crippen MR) is 105 cm³/mol. The van der Waals surface area contributed by atoms with Crippen molar-refractivity contribution in [2.75, 3.05) is 20.2 Å². The number of nitrogens with two attached hydrogens (primary N) is 1. The van der Waals surface area contributed by atoms with Crippen molar-refractivity contribution in [3.05, 3.63) is 52.6 Å². The van der Waals surface area contributed by atoms with Crippen molar-refractivity contribution in [3.63, 3.8) is 0 Å². The fourth-order valence-corrected chi connectivity index (χ4v) is 3.69. The summed E-state index contributed by atoms with van der Waals surface area (Å²) in [5.74, 6) is 1.06. The van der Waals surface area contributed by atoms with Crippen LogP contribution < -0.4 is 10.5 Å². The molecule has 0 bridgehead atoms. The highest BCUT2D eigenvalue weighted by molar-refractivity contribution is 5.94. The topological polar surface area (TPSA) is 98.4 Å². The van der Waals surface area contributed by atoms with Crippen LogP contribution in [0.4, 0.5) is 0 Å². The third-order valence-electron chi connectivity index (χ3n) is 5.18. The summed E-state index contributed by atoms with van der Waals surface area (Å²) in [5, 5.41) is 0. The Balaban J connectivity index is 1.79. The third kappa shape index (κ3) is 4.30. The summed E-state index contributed by atoms with van der Waals surface area (Å²) >= 11 is 0. The van der Waals surface area contributed by atoms with E-state index in [2.05, 4.69) is 9.97 Å². The summed E-state index contributed by atoms with van der Waals surface area (Å²) in [6.07, 6.45) is 1.96. The summed E-state index contributed by atoms with van der Waals surface area (Å²) in [4.78, 5) is 35.3. The maximum atomic E-state index is 12.9. The Morgan fingerprint density at radius 2 is 1.96 bits per heavy atom. The van der Waals surface area contributed by atoms with E-state index in [-0.39, 0.29) is 18.2 Å². The smallest absolute Gasteiger partial charge is 0.254 e. The second-order valence-corrected chi connectivity index (χ2v) is 7.20. The number of rotatable bonds is 5. The van der Waals surface area contributed by atoms with Crippen LogP contribution in [0.3, 0.4) is 0 Å². The minimum Gasteiger partial charge on any atom is -0.497 e. The van der Waals surface area contributed by atoms with Crippen LogP contribution in [0.2, 0.25) is 0 Å². The zero-order chi connectivity index (χ0) is 20.3. The second kappa shape index (κ2) is 8.37. The number of carbonyl (C=O) groups excluding carboxylic acids is 2. The van der Waals surface area contributed by atoms with Crippen molar-refractivity contribution in [1.82, 2.24) is 14.9 Å². The average molecular weight is 382 g/mol. The predicted octanol–water partition coefficient (Wildman–Crippen LogP) is 2.15. The molecule has 1 aliphatic rings. The number of hydrogen-bond acceptors (Lipinski definition) is 5. The molecule has 1 fully saturated rings. The number of methoxy groups -OCH3 is 1. The van der Waals surface area contributed by atoms with Crippen LogP contribution in [0.15, 0.2) is 24.3 Å². The van der Waals surface area contributed by atoms with E-state index in [1.165, 1.54) is 0 Å². The number of amides is 2. The standard InChI is InChI=1S/C21H26N4O3/c1-13-18(11-19(22)26)14(2)24-20(23-13)16-7-5-9-25(12-16)21(27)15-6-4-8-17(10-15)28-3/h4,6,8,10,16H,5,7,9,11-12H2,1-3H3,(H2,22,26). The molecule has 28 heavy (non-hydrogen) atoms. The summed E-state index contributed by atoms with van der Waals surface area (Å²) in [7, 11) is 1.59. The van der Waals surface area contributed by atoms with Gasteiger partial charge in [-0.05, 0) is 44.9 Å². The molecule has 0 saturated carbocycles. The average Bonchev–Trinajstić information content (AvgIpc) is 2.70. The van der Waals surface area contributed by atoms with Gasteiger partial charge in [0.05, 0.1) is 13.5 Å². The number of nitrogens with zero attached hydrogens (tertiary/aromatic N) is 3. The number of carbonyl (C=O) groups is 2. The first kappa shape index (κ1) is 19.8. The lowest BCUT2D eigenvalue weighted by Gasteiger charge is -2.32. The molecule has 7 heteroatoms. The number of benzene rings is 1. The number of ether oxygens (including phenoxy) is 1. The molecule has 2 N–H and O–H groups in total. The molecule has 148 valence electrons. The molecule has 1 aromatic heterocycles. The normalized spacial score (nSPS) is 16.7. The Bertz CT molecular complexity index is 874. The molecule has 1 saturated heterocycles. The van der Waals surface area contributed by atoms with Crippen LogP contribution in [0, 0.1) is 13.8 Å². The van der Waals surface area contributed by atoms with Crippen LogP contribution in [0.25, 0.3) is 0 Å². The van der Waals surface area contributed by atoms with E-state index in [9.17, 15) is 9.59 Å². The first-order valence-corrected chi connectivity index (χ1v) is 9.44. The van der Waals surface area contributed by atoms with Crippen molar-refractivity contribution in [2.24, 2.45) is 5.73 Å². The van der Waals surface area contributed by atoms with Crippen LogP contribution in [-0.4, -0.2) is 46.9 Å². The SMILES string of the molecule is COc1cccc(C(=O)N2CCCC(c3nc(C)c(CC(N)=O)c(C)n3)C2)c1. The summed E-state index contributed by atoms with van der Waals surface area (Å²) in [6.45, 7) is 5.03. The second-order valence-electron chi connectivity index (χ2n) is 7.20. The molecule has 7 nitrogen and oxygen atoms in total. The minimum absolute atomic E-state index is 0.0117. The van der Waals surface area contributed by atoms with Gasteiger partial charge in [-0.3, -0.25) is 9.59 Å². The van der Waals surface area contributed by atoms with Crippen LogP contribution in [0.1, 0.15) is 51.9 Å². The summed E-state index contributed by atoms with van der Waals surface area (Å²) in [6, 6.07) is 7.21. The van der Waals surface area contributed by atoms with E-state index in [0.29, 0.717) is 24.4 Å². The molecular formula is C21H26N4O3. The minimum atomic E-state index is -0.393. The van der Waals surface area contributed by atoms with Crippen molar-refractivity contribution >= 4 is 11.8 Å². The Morgan fingerprint density at radius 1 is 1.25 bits per heavy atom. The molecule has 1 atom stereocenters. The fraction of sp³-hybridized carbons (Fsp3) is 0.429. The van der Waals surface area contributed by atoms with Gasteiger partial charge < -0.3 is 15.4 Å². The lowest BCUT2D eigenvalue weighted by Crippen LogP contribution is -2.39. The van der Waals surface area contributed by atoms with Gasteiger partial charge in [0.15, 0.2) is 0 Å². The number of hydrogen-bond donors (Lipinski definition) is 1. The third-order valence-corrected chi connectivity index (χ3v) is 5.18. The van der Waals surface area contributed by atoms with E-state index >= 15 is 0 Å². The molecule has 0 aliphatic carbocycles. The monoisotopic (exact) mass is 382 g/mol. The van der Waals surface area contributed by atoms with Crippen molar-refractivity contribution in [1.29, 1.82) is 0 Å². The molecule has 1 unspecified atom stereocenters. The summed E-state index contributed by atoms with van der Waals surface area (Å²) < 4.78 is 5.22. The number of likely N-dealkylation sites (tertiary alicyclic amines) is 1. The quantitative estimate of drug-likeness (QED) is 0.854. The highest BCUT2D eigenvalue weighted by Crippen LogP contribution is 2.27. The Morgan fingerprint density at radius 3 is 2.61 bits per heavy atom. The summed E-state index contributed by atoms with van der Waals surface area (Å²) in [5.41, 5.74) is 8.28. The van der Waals surface area contributed by atoms with Crippen LogP contribution in [0.5, 0.6) is 5.75 Å². The molecule has 0 radical (unpaired) electrons. The van der Waals surface area contributed by atoms with E-state index < -0.39 is 5.91 Å². The zero-order valence-electron chi connectivity index (χ0n) is 16.6. The lowest BCUT2D eigenvalue weighted by atomic mass is 9.95. The molecule has 2 heterocycles. The molecule has 0 spiro atoms. The highest BCUT2D eigenvalue weighted by atomic mass is 16.5. The Hall–Kier alpha value is -2.96. The van der Waals surface area contributed by atoms with Gasteiger partial charge in [-0.25, -0.2) is 9.97 Å². The lowest BCUT2D eigenvalue weighted by molar-refractivity contribution is -0.117. The largest absolute Gasteiger partial charge is 0.497 e. The Labute approximate surface area is 164 Å². The maximum absolute atomic E-state index is 12.9. The number of primary amides is 1. The van der Waals surface area contributed by atoms with Gasteiger partial charge in [0, 0.05) is 41.5 Å². The van der Waals surface area contributed by atoms with Crippen molar-refractivity contribution in [3.8, 4) is 5.75 Å². The number of piperidine rings is 1. The van der Waals surface area contributed by atoms with Gasteiger partial charge in [-0.15, -0.1) is 0 Å². The van der Waals surface area contributed by atoms with Gasteiger partial charge in [0.25, 0.3) is 5.91 Å². The molecule has 2 aromatic rings. The molecular weight excluding hydrogens is 356 g/mol. The van der Waals surface area contributed by atoms with E-state index in [0.717, 1.165) is 35.6 Å². The fourth-order valence-electron chi connectivity index (χ4n) is 3.69. The van der Waals surface area contributed by atoms with Crippen molar-refractivity contribution in [2.45, 2.75) is 39.0 Å². The van der Waals surface area contributed by atoms with Gasteiger partial charge in [-0.1, -0.05) is 6.07 Å². The van der Waals surface area contributed by atoms with Gasteiger partial charge in [0.1, 0.15) is 11.6 Å². The first-order valence-electron chi connectivity index (χ1n) is 9.44. The van der Waals surface area contributed by atoms with Gasteiger partial charge in [-0.2, -0.15) is 0 Å². The first-order chi connectivity index (χ1) is 13.4. The van der Waals surface area contributed by atoms with Gasteiger partial charge in [0.2, 0.25) is 5.91 Å². The van der Waals surface area contributed by atoms with Crippen LogP contribution >= 0.6 is 0 Å². The molecule has 1 aliphatic heterocycles. The highest BCUT2D eigenvalue weighted by Gasteiger charge is 2.28. The Kier molecular flexibility index (Phi) is 5.92. The number of aromatic nitrogens is 2. The van der Waals surface area contributed by atoms with E-state index in [4.69, 9.17) is 10.5 Å². The molecule has 1 aromatic carbocycles. The zero-order valence-corrected chi connectivity index (χ0v) is 16.6. The van der Waals surface area contributed by atoms with Crippen molar-refractivity contribution < 1.29 is 14.3 Å². The maximum Gasteiger partial charge on any atom is 0.254 e.